The van der Waals surface area contributed by atoms with Gasteiger partial charge in [-0.1, -0.05) is 0 Å². The molecule has 0 aliphatic rings. The van der Waals surface area contributed by atoms with Crippen LogP contribution in [0.25, 0.3) is 0 Å². The second kappa shape index (κ2) is 3.92. The molecule has 1 heterocycles. The number of ether oxygens (including phenoxy) is 1. The highest BCUT2D eigenvalue weighted by molar-refractivity contribution is 7.13. The van der Waals surface area contributed by atoms with Gasteiger partial charge in [0.05, 0.1) is 7.11 Å². The lowest BCUT2D eigenvalue weighted by molar-refractivity contribution is -0.138. The molecule has 60 valence electrons. The van der Waals surface area contributed by atoms with E-state index < -0.39 is 0 Å². The normalized spacial score (nSPS) is 9.18. The standard InChI is InChI=1S/C6H8N2O2S/c1-10-5(9)4-8-6-7-2-3-11-6/h2-3H,4H2,1H3,(H,7,8). The highest BCUT2D eigenvalue weighted by Crippen LogP contribution is 2.08. The molecule has 0 saturated carbocycles. The molecule has 4 nitrogen and oxygen atoms in total. The molecule has 0 spiro atoms. The summed E-state index contributed by atoms with van der Waals surface area (Å²) in [5.41, 5.74) is 0. The number of nitrogens with one attached hydrogen (secondary N) is 1. The molecular weight excluding hydrogens is 164 g/mol. The number of esters is 1. The van der Waals surface area contributed by atoms with Gasteiger partial charge < -0.3 is 10.1 Å². The summed E-state index contributed by atoms with van der Waals surface area (Å²) in [4.78, 5) is 14.5. The lowest BCUT2D eigenvalue weighted by Crippen LogP contribution is -2.14. The number of methoxy groups -OCH3 is 1. The first-order valence-corrected chi connectivity index (χ1v) is 3.91. The van der Waals surface area contributed by atoms with E-state index >= 15 is 0 Å². The second-order valence-corrected chi connectivity index (χ2v) is 2.66. The summed E-state index contributed by atoms with van der Waals surface area (Å²) in [6.45, 7) is 0.171. The zero-order valence-electron chi connectivity index (χ0n) is 6.03. The summed E-state index contributed by atoms with van der Waals surface area (Å²) in [5.74, 6) is -0.291. The van der Waals surface area contributed by atoms with Crippen molar-refractivity contribution >= 4 is 22.4 Å². The first kappa shape index (κ1) is 8.00. The molecule has 1 rings (SSSR count). The van der Waals surface area contributed by atoms with Crippen LogP contribution in [0.15, 0.2) is 11.6 Å². The minimum atomic E-state index is -0.291. The Hall–Kier alpha value is -1.10. The number of carbonyl (C=O) groups is 1. The molecule has 0 aromatic carbocycles. The maximum Gasteiger partial charge on any atom is 0.325 e. The van der Waals surface area contributed by atoms with Gasteiger partial charge in [0, 0.05) is 11.6 Å². The number of hydrogen-bond donors (Lipinski definition) is 1. The number of aromatic nitrogens is 1. The monoisotopic (exact) mass is 172 g/mol. The highest BCUT2D eigenvalue weighted by Gasteiger charge is 1.99. The van der Waals surface area contributed by atoms with Gasteiger partial charge in [0.2, 0.25) is 0 Å². The van der Waals surface area contributed by atoms with E-state index in [1.807, 2.05) is 5.38 Å². The van der Waals surface area contributed by atoms with Gasteiger partial charge in [-0.3, -0.25) is 4.79 Å². The molecule has 0 saturated heterocycles. The SMILES string of the molecule is COC(=O)CNc1nccs1. The molecule has 1 N–H and O–H groups in total. The Balaban J connectivity index is 2.29. The van der Waals surface area contributed by atoms with Gasteiger partial charge in [0.1, 0.15) is 6.54 Å². The molecular formula is C6H8N2O2S. The number of carbonyl (C=O) groups excluding carboxylic acids is 1. The fraction of sp³-hybridized carbons (Fsp3) is 0.333. The molecule has 1 aromatic rings. The van der Waals surface area contributed by atoms with E-state index in [1.165, 1.54) is 18.4 Å². The summed E-state index contributed by atoms with van der Waals surface area (Å²) >= 11 is 1.45. The maximum atomic E-state index is 10.6. The first-order valence-electron chi connectivity index (χ1n) is 3.03. The van der Waals surface area contributed by atoms with Crippen molar-refractivity contribution < 1.29 is 9.53 Å². The van der Waals surface area contributed by atoms with Gasteiger partial charge >= 0.3 is 5.97 Å². The van der Waals surface area contributed by atoms with E-state index in [0.29, 0.717) is 0 Å². The Bertz CT molecular complexity index is 222. The van der Waals surface area contributed by atoms with Crippen LogP contribution in [0.5, 0.6) is 0 Å². The minimum Gasteiger partial charge on any atom is -0.468 e. The number of anilines is 1. The summed E-state index contributed by atoms with van der Waals surface area (Å²) in [7, 11) is 1.35. The number of rotatable bonds is 3. The van der Waals surface area contributed by atoms with Gasteiger partial charge in [0.25, 0.3) is 0 Å². The lowest BCUT2D eigenvalue weighted by Gasteiger charge is -1.98. The molecule has 0 aliphatic carbocycles. The summed E-state index contributed by atoms with van der Waals surface area (Å²) < 4.78 is 4.42. The van der Waals surface area contributed by atoms with E-state index in [1.54, 1.807) is 6.20 Å². The van der Waals surface area contributed by atoms with Crippen LogP contribution in [0.3, 0.4) is 0 Å². The van der Waals surface area contributed by atoms with Crippen molar-refractivity contribution in [3.8, 4) is 0 Å². The molecule has 0 bridgehead atoms. The van der Waals surface area contributed by atoms with Gasteiger partial charge in [-0.2, -0.15) is 0 Å². The maximum absolute atomic E-state index is 10.6. The summed E-state index contributed by atoms with van der Waals surface area (Å²) in [6.07, 6.45) is 1.67. The molecule has 0 unspecified atom stereocenters. The van der Waals surface area contributed by atoms with Crippen LogP contribution in [0.1, 0.15) is 0 Å². The van der Waals surface area contributed by atoms with Crippen molar-refractivity contribution in [2.45, 2.75) is 0 Å². The molecule has 0 atom stereocenters. The predicted octanol–water partition coefficient (Wildman–Crippen LogP) is 0.728. The Morgan fingerprint density at radius 2 is 2.73 bits per heavy atom. The quantitative estimate of drug-likeness (QED) is 0.683. The molecule has 0 aliphatic heterocycles. The van der Waals surface area contributed by atoms with Crippen LogP contribution in [-0.4, -0.2) is 24.6 Å². The topological polar surface area (TPSA) is 51.2 Å². The molecule has 0 fully saturated rings. The Morgan fingerprint density at radius 3 is 3.27 bits per heavy atom. The average molecular weight is 172 g/mol. The van der Waals surface area contributed by atoms with Crippen molar-refractivity contribution in [2.75, 3.05) is 19.0 Å². The molecule has 1 aromatic heterocycles. The Morgan fingerprint density at radius 1 is 1.91 bits per heavy atom. The van der Waals surface area contributed by atoms with Gasteiger partial charge in [0.15, 0.2) is 5.13 Å². The van der Waals surface area contributed by atoms with Crippen molar-refractivity contribution in [1.29, 1.82) is 0 Å². The zero-order valence-corrected chi connectivity index (χ0v) is 6.85. The average Bonchev–Trinajstić information content (AvgIpc) is 2.52. The third-order valence-electron chi connectivity index (χ3n) is 1.04. The Labute approximate surface area is 68.2 Å². The highest BCUT2D eigenvalue weighted by atomic mass is 32.1. The van der Waals surface area contributed by atoms with Crippen LogP contribution < -0.4 is 5.32 Å². The number of thiazole rings is 1. The van der Waals surface area contributed by atoms with Crippen molar-refractivity contribution in [3.05, 3.63) is 11.6 Å². The molecule has 0 amide bonds. The molecule has 0 radical (unpaired) electrons. The third-order valence-corrected chi connectivity index (χ3v) is 1.77. The van der Waals surface area contributed by atoms with E-state index in [0.717, 1.165) is 5.13 Å². The van der Waals surface area contributed by atoms with Gasteiger partial charge in [-0.05, 0) is 0 Å². The largest absolute Gasteiger partial charge is 0.468 e. The fourth-order valence-corrected chi connectivity index (χ4v) is 1.06. The van der Waals surface area contributed by atoms with Crippen molar-refractivity contribution in [3.63, 3.8) is 0 Å². The lowest BCUT2D eigenvalue weighted by atomic mass is 10.6. The Kier molecular flexibility index (Phi) is 2.85. The fourth-order valence-electron chi connectivity index (χ4n) is 0.531. The molecule has 5 heteroatoms. The van der Waals surface area contributed by atoms with Crippen LogP contribution in [0, 0.1) is 0 Å². The van der Waals surface area contributed by atoms with E-state index in [-0.39, 0.29) is 12.5 Å². The first-order chi connectivity index (χ1) is 5.33. The van der Waals surface area contributed by atoms with E-state index in [9.17, 15) is 4.79 Å². The van der Waals surface area contributed by atoms with Gasteiger partial charge in [-0.25, -0.2) is 4.98 Å². The zero-order chi connectivity index (χ0) is 8.10. The van der Waals surface area contributed by atoms with Gasteiger partial charge in [-0.15, -0.1) is 11.3 Å². The van der Waals surface area contributed by atoms with Crippen molar-refractivity contribution in [1.82, 2.24) is 4.98 Å². The van der Waals surface area contributed by atoms with Crippen LogP contribution in [0.2, 0.25) is 0 Å². The van der Waals surface area contributed by atoms with Crippen LogP contribution >= 0.6 is 11.3 Å². The predicted molar refractivity (Wildman–Crippen MR) is 42.6 cm³/mol. The minimum absolute atomic E-state index is 0.171. The molecule has 11 heavy (non-hydrogen) atoms. The number of nitrogens with zero attached hydrogens (tertiary/aromatic N) is 1. The van der Waals surface area contributed by atoms with E-state index in [4.69, 9.17) is 0 Å². The third kappa shape index (κ3) is 2.55. The van der Waals surface area contributed by atoms with Crippen molar-refractivity contribution in [2.24, 2.45) is 0 Å². The number of hydrogen-bond acceptors (Lipinski definition) is 5. The summed E-state index contributed by atoms with van der Waals surface area (Å²) in [6, 6.07) is 0. The van der Waals surface area contributed by atoms with Crippen LogP contribution in [-0.2, 0) is 9.53 Å². The van der Waals surface area contributed by atoms with E-state index in [2.05, 4.69) is 15.0 Å². The summed E-state index contributed by atoms with van der Waals surface area (Å²) in [5, 5.41) is 5.37. The smallest absolute Gasteiger partial charge is 0.325 e. The second-order valence-electron chi connectivity index (χ2n) is 1.77. The van der Waals surface area contributed by atoms with Crippen LogP contribution in [0.4, 0.5) is 5.13 Å².